The van der Waals surface area contributed by atoms with Crippen molar-refractivity contribution in [3.8, 4) is 0 Å². The smallest absolute Gasteiger partial charge is 0.254 e. The fourth-order valence-electron chi connectivity index (χ4n) is 3.25. The Morgan fingerprint density at radius 1 is 1.29 bits per heavy atom. The Balaban J connectivity index is 1.32. The van der Waals surface area contributed by atoms with E-state index in [1.807, 2.05) is 18.2 Å². The van der Waals surface area contributed by atoms with Crippen LogP contribution in [0.25, 0.3) is 0 Å². The van der Waals surface area contributed by atoms with Gasteiger partial charge in [-0.3, -0.25) is 9.36 Å². The molecule has 0 bridgehead atoms. The Hall–Kier alpha value is -2.37. The fourth-order valence-corrected chi connectivity index (χ4v) is 6.19. The van der Waals surface area contributed by atoms with Gasteiger partial charge in [-0.05, 0) is 25.0 Å². The molecule has 7 N–H and O–H groups in total. The van der Waals surface area contributed by atoms with Crippen molar-refractivity contribution in [2.24, 2.45) is 0 Å². The molecule has 1 amide bonds. The number of rotatable bonds is 12. The number of nitrogen functional groups attached to an aromatic ring is 2. The first-order valence-corrected chi connectivity index (χ1v) is 14.6. The second kappa shape index (κ2) is 12.4. The first-order valence-electron chi connectivity index (χ1n) is 10.9. The molecule has 1 fully saturated rings. The molecular weight excluding hydrogens is 479 g/mol. The van der Waals surface area contributed by atoms with Gasteiger partial charge in [0, 0.05) is 30.9 Å². The van der Waals surface area contributed by atoms with Gasteiger partial charge in [-0.25, -0.2) is 9.97 Å². The van der Waals surface area contributed by atoms with Crippen molar-refractivity contribution in [2.75, 3.05) is 42.4 Å². The number of nitrogens with one attached hydrogen (secondary N) is 2. The minimum Gasteiger partial charge on any atom is -0.393 e. The summed E-state index contributed by atoms with van der Waals surface area (Å²) in [4.78, 5) is 19.8. The monoisotopic (exact) mass is 510 g/mol. The molecular formula is C21H31N6O5PS. The standard InChI is InChI=1S/C21H31N6O5PS/c1-33(30,34-10-6-5-9-24-21(29)14-7-3-2-4-8-14)31-12-16-15(28)11-17(32-16)27-20-18(22)19(23)25-13-26-20/h2-4,7-8,13,15-17,28H,5-6,9-12,22H2,1H3,(H,24,29)(H3,23,25,26,27)/t15-,16-,17-,33?/m1/s1. The number of nitrogens with zero attached hydrogens (tertiary/aromatic N) is 2. The highest BCUT2D eigenvalue weighted by Crippen LogP contribution is 2.56. The van der Waals surface area contributed by atoms with Gasteiger partial charge in [0.05, 0.1) is 12.7 Å². The van der Waals surface area contributed by atoms with Crippen LogP contribution >= 0.6 is 18.0 Å². The largest absolute Gasteiger partial charge is 0.393 e. The van der Waals surface area contributed by atoms with E-state index in [1.54, 1.807) is 18.8 Å². The lowest BCUT2D eigenvalue weighted by atomic mass is 10.2. The number of amides is 1. The van der Waals surface area contributed by atoms with Crippen LogP contribution in [0.4, 0.5) is 17.3 Å². The summed E-state index contributed by atoms with van der Waals surface area (Å²) in [7, 11) is 0. The number of ether oxygens (including phenoxy) is 1. The third kappa shape index (κ3) is 7.85. The highest BCUT2D eigenvalue weighted by Gasteiger charge is 2.36. The Kier molecular flexibility index (Phi) is 9.54. The maximum absolute atomic E-state index is 12.7. The maximum atomic E-state index is 12.7. The lowest BCUT2D eigenvalue weighted by Gasteiger charge is -2.19. The second-order valence-electron chi connectivity index (χ2n) is 7.86. The molecule has 4 atom stereocenters. The molecule has 1 aliphatic heterocycles. The Bertz CT molecular complexity index is 1000. The summed E-state index contributed by atoms with van der Waals surface area (Å²) in [6.07, 6.45) is 1.12. The summed E-state index contributed by atoms with van der Waals surface area (Å²) in [5, 5.41) is 16.1. The molecule has 0 radical (unpaired) electrons. The van der Waals surface area contributed by atoms with Gasteiger partial charge in [-0.2, -0.15) is 0 Å². The van der Waals surface area contributed by atoms with Crippen molar-refractivity contribution in [1.29, 1.82) is 0 Å². The van der Waals surface area contributed by atoms with Gasteiger partial charge < -0.3 is 36.5 Å². The lowest BCUT2D eigenvalue weighted by molar-refractivity contribution is -0.00720. The molecule has 34 heavy (non-hydrogen) atoms. The normalized spacial score (nSPS) is 21.6. The topological polar surface area (TPSA) is 175 Å². The quantitative estimate of drug-likeness (QED) is 0.209. The molecule has 0 aliphatic carbocycles. The van der Waals surface area contributed by atoms with Crippen molar-refractivity contribution in [3.63, 3.8) is 0 Å². The Labute approximate surface area is 202 Å². The summed E-state index contributed by atoms with van der Waals surface area (Å²) < 4.78 is 24.1. The zero-order valence-electron chi connectivity index (χ0n) is 18.9. The number of unbranched alkanes of at least 4 members (excludes halogenated alkanes) is 1. The van der Waals surface area contributed by atoms with Crippen molar-refractivity contribution in [2.45, 2.75) is 37.7 Å². The molecule has 186 valence electrons. The number of aliphatic hydroxyl groups is 1. The summed E-state index contributed by atoms with van der Waals surface area (Å²) in [6, 6.07) is 9.03. The molecule has 0 saturated carbocycles. The number of carbonyl (C=O) groups is 1. The molecule has 1 aromatic carbocycles. The van der Waals surface area contributed by atoms with Crippen LogP contribution in [0.5, 0.6) is 0 Å². The number of aliphatic hydroxyl groups excluding tert-OH is 1. The lowest BCUT2D eigenvalue weighted by Crippen LogP contribution is -2.26. The average Bonchev–Trinajstić information content (AvgIpc) is 3.17. The van der Waals surface area contributed by atoms with E-state index in [-0.39, 0.29) is 30.4 Å². The third-order valence-corrected chi connectivity index (χ3v) is 8.96. The molecule has 1 aromatic heterocycles. The number of hydrogen-bond donors (Lipinski definition) is 5. The van der Waals surface area contributed by atoms with Gasteiger partial charge in [0.2, 0.25) is 0 Å². The highest BCUT2D eigenvalue weighted by atomic mass is 32.7. The Morgan fingerprint density at radius 3 is 2.82 bits per heavy atom. The van der Waals surface area contributed by atoms with Crippen LogP contribution in [0.3, 0.4) is 0 Å². The summed E-state index contributed by atoms with van der Waals surface area (Å²) in [5.74, 6) is 0.995. The van der Waals surface area contributed by atoms with Gasteiger partial charge in [0.25, 0.3) is 12.5 Å². The molecule has 3 rings (SSSR count). The second-order valence-corrected chi connectivity index (χ2v) is 13.1. The predicted molar refractivity (Wildman–Crippen MR) is 134 cm³/mol. The Morgan fingerprint density at radius 2 is 2.06 bits per heavy atom. The van der Waals surface area contributed by atoms with Gasteiger partial charge >= 0.3 is 0 Å². The van der Waals surface area contributed by atoms with E-state index in [9.17, 15) is 14.5 Å². The summed E-state index contributed by atoms with van der Waals surface area (Å²) in [6.45, 7) is -0.837. The molecule has 13 heteroatoms. The van der Waals surface area contributed by atoms with Crippen LogP contribution in [0.15, 0.2) is 36.7 Å². The number of benzene rings is 1. The third-order valence-electron chi connectivity index (χ3n) is 5.13. The molecule has 2 aromatic rings. The van der Waals surface area contributed by atoms with E-state index in [1.165, 1.54) is 17.7 Å². The van der Waals surface area contributed by atoms with Gasteiger partial charge in [-0.15, -0.1) is 0 Å². The molecule has 1 saturated heterocycles. The van der Waals surface area contributed by atoms with E-state index >= 15 is 0 Å². The van der Waals surface area contributed by atoms with Gasteiger partial charge in [0.15, 0.2) is 11.6 Å². The molecule has 2 heterocycles. The van der Waals surface area contributed by atoms with Crippen molar-refractivity contribution < 1.29 is 23.7 Å². The fraction of sp³-hybridized carbons (Fsp3) is 0.476. The minimum atomic E-state index is -2.93. The van der Waals surface area contributed by atoms with E-state index in [0.717, 1.165) is 12.8 Å². The number of aromatic nitrogens is 2. The zero-order chi connectivity index (χ0) is 24.6. The average molecular weight is 511 g/mol. The van der Waals surface area contributed by atoms with E-state index < -0.39 is 25.0 Å². The van der Waals surface area contributed by atoms with Crippen LogP contribution < -0.4 is 22.1 Å². The number of anilines is 3. The van der Waals surface area contributed by atoms with Crippen LogP contribution in [-0.4, -0.2) is 65.0 Å². The van der Waals surface area contributed by atoms with Crippen molar-refractivity contribution in [1.82, 2.24) is 15.3 Å². The van der Waals surface area contributed by atoms with E-state index in [0.29, 0.717) is 23.7 Å². The van der Waals surface area contributed by atoms with Crippen molar-refractivity contribution >= 4 is 41.2 Å². The van der Waals surface area contributed by atoms with E-state index in [2.05, 4.69) is 20.6 Å². The van der Waals surface area contributed by atoms with Crippen LogP contribution in [0, 0.1) is 0 Å². The molecule has 0 spiro atoms. The number of carbonyl (C=O) groups excluding carboxylic acids is 1. The SMILES string of the molecule is CP(=O)(OC[C@H]1O[C@@H](Nc2ncnc(N)c2N)C[C@H]1O)SCCCCNC(=O)c1ccccc1. The van der Waals surface area contributed by atoms with Crippen molar-refractivity contribution in [3.05, 3.63) is 42.2 Å². The van der Waals surface area contributed by atoms with Gasteiger partial charge in [0.1, 0.15) is 24.3 Å². The molecule has 11 nitrogen and oxygen atoms in total. The number of nitrogens with two attached hydrogens (primary N) is 2. The highest BCUT2D eigenvalue weighted by molar-refractivity contribution is 8.56. The molecule has 1 aliphatic rings. The molecule has 1 unspecified atom stereocenters. The summed E-state index contributed by atoms with van der Waals surface area (Å²) in [5.41, 5.74) is 12.3. The summed E-state index contributed by atoms with van der Waals surface area (Å²) >= 11 is 1.25. The minimum absolute atomic E-state index is 0.00531. The zero-order valence-corrected chi connectivity index (χ0v) is 20.6. The van der Waals surface area contributed by atoms with Crippen LogP contribution in [-0.2, 0) is 13.8 Å². The first kappa shape index (κ1) is 26.2. The van der Waals surface area contributed by atoms with E-state index in [4.69, 9.17) is 20.7 Å². The number of hydrogen-bond acceptors (Lipinski definition) is 11. The maximum Gasteiger partial charge on any atom is 0.254 e. The predicted octanol–water partition coefficient (Wildman–Crippen LogP) is 2.31. The van der Waals surface area contributed by atoms with Gasteiger partial charge in [-0.1, -0.05) is 29.6 Å². The van der Waals surface area contributed by atoms with Crippen LogP contribution in [0.2, 0.25) is 0 Å². The van der Waals surface area contributed by atoms with Crippen LogP contribution in [0.1, 0.15) is 29.6 Å². The first-order chi connectivity index (χ1) is 16.2.